The highest BCUT2D eigenvalue weighted by atomic mass is 16.7. The molecule has 1 fully saturated rings. The number of rotatable bonds is 4. The maximum atomic E-state index is 9.60. The van der Waals surface area contributed by atoms with Crippen molar-refractivity contribution in [2.45, 2.75) is 30.7 Å². The van der Waals surface area contributed by atoms with Crippen molar-refractivity contribution in [3.05, 3.63) is 0 Å². The summed E-state index contributed by atoms with van der Waals surface area (Å²) in [6.45, 7) is -0.451. The van der Waals surface area contributed by atoms with Gasteiger partial charge in [0, 0.05) is 14.2 Å². The fraction of sp³-hybridized carbons (Fsp3) is 1.00. The van der Waals surface area contributed by atoms with Crippen LogP contribution in [-0.2, 0) is 14.2 Å². The van der Waals surface area contributed by atoms with Gasteiger partial charge in [0.2, 0.25) is 0 Å². The molecule has 1 saturated heterocycles. The molecule has 3 N–H and O–H groups in total. The molecule has 0 radical (unpaired) electrons. The van der Waals surface area contributed by atoms with Crippen LogP contribution in [-0.4, -0.2) is 66.9 Å². The summed E-state index contributed by atoms with van der Waals surface area (Å²) in [6, 6.07) is 0. The van der Waals surface area contributed by atoms with Gasteiger partial charge < -0.3 is 29.5 Å². The average Bonchev–Trinajstić information content (AvgIpc) is 2.53. The summed E-state index contributed by atoms with van der Waals surface area (Å²) in [5.41, 5.74) is 0. The second-order valence-corrected chi connectivity index (χ2v) is 3.15. The predicted molar refractivity (Wildman–Crippen MR) is 45.6 cm³/mol. The van der Waals surface area contributed by atoms with Crippen molar-refractivity contribution < 1.29 is 29.5 Å². The molecule has 14 heavy (non-hydrogen) atoms. The smallest absolute Gasteiger partial charge is 0.186 e. The highest BCUT2D eigenvalue weighted by Crippen LogP contribution is 2.26. The molecule has 84 valence electrons. The second kappa shape index (κ2) is 5.01. The lowest BCUT2D eigenvalue weighted by Gasteiger charge is -2.21. The Hall–Kier alpha value is -0.240. The largest absolute Gasteiger partial charge is 0.394 e. The minimum Gasteiger partial charge on any atom is -0.394 e. The molecule has 0 aromatic rings. The first-order chi connectivity index (χ1) is 6.65. The lowest BCUT2D eigenvalue weighted by molar-refractivity contribution is -0.166. The van der Waals surface area contributed by atoms with Gasteiger partial charge in [0.1, 0.15) is 24.4 Å². The van der Waals surface area contributed by atoms with Crippen LogP contribution in [0.4, 0.5) is 0 Å². The minimum absolute atomic E-state index is 0.451. The first-order valence-corrected chi connectivity index (χ1v) is 4.33. The molecule has 0 aromatic heterocycles. The van der Waals surface area contributed by atoms with E-state index >= 15 is 0 Å². The molecule has 0 unspecified atom stereocenters. The third kappa shape index (κ3) is 2.05. The zero-order valence-electron chi connectivity index (χ0n) is 8.16. The Kier molecular flexibility index (Phi) is 4.24. The lowest BCUT2D eigenvalue weighted by atomic mass is 10.1. The van der Waals surface area contributed by atoms with Crippen LogP contribution in [0.1, 0.15) is 0 Å². The Morgan fingerprint density at radius 2 is 2.00 bits per heavy atom. The molecule has 0 aliphatic carbocycles. The Balaban J connectivity index is 2.67. The number of aliphatic hydroxyl groups is 3. The lowest BCUT2D eigenvalue weighted by Crippen LogP contribution is -2.41. The third-order valence-electron chi connectivity index (χ3n) is 2.30. The molecule has 0 spiro atoms. The Bertz CT molecular complexity index is 175. The molecule has 0 amide bonds. The van der Waals surface area contributed by atoms with Gasteiger partial charge in [-0.3, -0.25) is 0 Å². The van der Waals surface area contributed by atoms with Gasteiger partial charge >= 0.3 is 0 Å². The van der Waals surface area contributed by atoms with E-state index in [0.29, 0.717) is 0 Å². The number of hydrogen-bond donors (Lipinski definition) is 3. The molecule has 6 nitrogen and oxygen atoms in total. The van der Waals surface area contributed by atoms with Crippen LogP contribution in [0, 0.1) is 0 Å². The highest BCUT2D eigenvalue weighted by Gasteiger charge is 2.47. The molecule has 0 bridgehead atoms. The number of ether oxygens (including phenoxy) is 3. The molecule has 0 saturated carbocycles. The quantitative estimate of drug-likeness (QED) is 0.499. The normalized spacial score (nSPS) is 40.1. The van der Waals surface area contributed by atoms with Crippen molar-refractivity contribution in [2.75, 3.05) is 20.8 Å². The SMILES string of the molecule is CO[C@@H]1O[C@@H]([C@H](O)CO)[C@H](OC)[C@H]1O. The maximum Gasteiger partial charge on any atom is 0.186 e. The standard InChI is InChI=1S/C8H16O6/c1-12-7-5(11)8(13-2)14-6(7)4(10)3-9/h4-11H,3H2,1-2H3/t4-,5-,6+,7-,8-/m1/s1. The van der Waals surface area contributed by atoms with E-state index in [2.05, 4.69) is 0 Å². The van der Waals surface area contributed by atoms with Gasteiger partial charge in [0.05, 0.1) is 6.61 Å². The summed E-state index contributed by atoms with van der Waals surface area (Å²) in [7, 11) is 2.78. The van der Waals surface area contributed by atoms with E-state index in [-0.39, 0.29) is 0 Å². The van der Waals surface area contributed by atoms with E-state index in [1.165, 1.54) is 14.2 Å². The molecule has 6 heteroatoms. The van der Waals surface area contributed by atoms with E-state index < -0.39 is 37.3 Å². The van der Waals surface area contributed by atoms with E-state index in [0.717, 1.165) is 0 Å². The van der Waals surface area contributed by atoms with E-state index in [1.54, 1.807) is 0 Å². The van der Waals surface area contributed by atoms with Crippen LogP contribution in [0.5, 0.6) is 0 Å². The fourth-order valence-corrected chi connectivity index (χ4v) is 1.54. The van der Waals surface area contributed by atoms with Crippen molar-refractivity contribution in [3.8, 4) is 0 Å². The Morgan fingerprint density at radius 3 is 2.43 bits per heavy atom. The minimum atomic E-state index is -1.09. The van der Waals surface area contributed by atoms with E-state index in [1.807, 2.05) is 0 Å². The van der Waals surface area contributed by atoms with Gasteiger partial charge in [-0.1, -0.05) is 0 Å². The second-order valence-electron chi connectivity index (χ2n) is 3.15. The average molecular weight is 208 g/mol. The molecular formula is C8H16O6. The molecule has 1 aliphatic heterocycles. The number of hydrogen-bond acceptors (Lipinski definition) is 6. The van der Waals surface area contributed by atoms with Crippen LogP contribution >= 0.6 is 0 Å². The summed E-state index contributed by atoms with van der Waals surface area (Å²) in [4.78, 5) is 0. The molecular weight excluding hydrogens is 192 g/mol. The molecule has 1 rings (SSSR count). The first kappa shape index (κ1) is 11.8. The highest BCUT2D eigenvalue weighted by molar-refractivity contribution is 4.91. The summed E-state index contributed by atoms with van der Waals surface area (Å²) in [6.07, 6.45) is -4.34. The summed E-state index contributed by atoms with van der Waals surface area (Å²) in [5, 5.41) is 27.7. The predicted octanol–water partition coefficient (Wildman–Crippen LogP) is -1.91. The summed E-state index contributed by atoms with van der Waals surface area (Å²) >= 11 is 0. The van der Waals surface area contributed by atoms with Crippen molar-refractivity contribution in [1.29, 1.82) is 0 Å². The first-order valence-electron chi connectivity index (χ1n) is 4.33. The van der Waals surface area contributed by atoms with E-state index in [4.69, 9.17) is 19.3 Å². The van der Waals surface area contributed by atoms with Crippen LogP contribution in [0.3, 0.4) is 0 Å². The summed E-state index contributed by atoms with van der Waals surface area (Å²) < 4.78 is 15.0. The van der Waals surface area contributed by atoms with Gasteiger partial charge in [-0.05, 0) is 0 Å². The van der Waals surface area contributed by atoms with Gasteiger partial charge in [-0.25, -0.2) is 0 Å². The van der Waals surface area contributed by atoms with Crippen LogP contribution in [0.25, 0.3) is 0 Å². The van der Waals surface area contributed by atoms with Gasteiger partial charge in [0.15, 0.2) is 6.29 Å². The van der Waals surface area contributed by atoms with Crippen LogP contribution in [0.2, 0.25) is 0 Å². The van der Waals surface area contributed by atoms with Crippen molar-refractivity contribution in [3.63, 3.8) is 0 Å². The topological polar surface area (TPSA) is 88.4 Å². The third-order valence-corrected chi connectivity index (χ3v) is 2.30. The van der Waals surface area contributed by atoms with Crippen LogP contribution < -0.4 is 0 Å². The van der Waals surface area contributed by atoms with Gasteiger partial charge in [0.25, 0.3) is 0 Å². The zero-order valence-corrected chi connectivity index (χ0v) is 8.16. The van der Waals surface area contributed by atoms with Crippen molar-refractivity contribution in [2.24, 2.45) is 0 Å². The molecule has 5 atom stereocenters. The van der Waals surface area contributed by atoms with Crippen molar-refractivity contribution in [1.82, 2.24) is 0 Å². The van der Waals surface area contributed by atoms with Gasteiger partial charge in [-0.2, -0.15) is 0 Å². The van der Waals surface area contributed by atoms with E-state index in [9.17, 15) is 10.2 Å². The maximum absolute atomic E-state index is 9.60. The van der Waals surface area contributed by atoms with Crippen molar-refractivity contribution >= 4 is 0 Å². The number of aliphatic hydroxyl groups excluding tert-OH is 3. The monoisotopic (exact) mass is 208 g/mol. The molecule has 1 aliphatic rings. The van der Waals surface area contributed by atoms with Crippen LogP contribution in [0.15, 0.2) is 0 Å². The Morgan fingerprint density at radius 1 is 1.36 bits per heavy atom. The Labute approximate surface area is 82.0 Å². The molecule has 0 aromatic carbocycles. The number of methoxy groups -OCH3 is 2. The van der Waals surface area contributed by atoms with Gasteiger partial charge in [-0.15, -0.1) is 0 Å². The fourth-order valence-electron chi connectivity index (χ4n) is 1.54. The zero-order chi connectivity index (χ0) is 10.7. The molecule has 1 heterocycles. The summed E-state index contributed by atoms with van der Waals surface area (Å²) in [5.74, 6) is 0.